The van der Waals surface area contributed by atoms with Crippen molar-refractivity contribution in [1.29, 1.82) is 5.26 Å². The molecule has 228 valence electrons. The molecule has 2 aliphatic rings. The summed E-state index contributed by atoms with van der Waals surface area (Å²) in [4.78, 5) is 40.1. The van der Waals surface area contributed by atoms with Gasteiger partial charge in [-0.2, -0.15) is 5.26 Å². The van der Waals surface area contributed by atoms with Gasteiger partial charge in [-0.05, 0) is 61.7 Å². The van der Waals surface area contributed by atoms with Crippen LogP contribution in [0.1, 0.15) is 52.7 Å². The number of anilines is 1. The molecular weight excluding hydrogens is 590 g/mol. The smallest absolute Gasteiger partial charge is 0.303 e. The zero-order valence-electron chi connectivity index (χ0n) is 23.7. The number of piperidine rings is 1. The number of primary amides is 1. The summed E-state index contributed by atoms with van der Waals surface area (Å²) in [7, 11) is 0. The molecular formula is C32H30F2N4O5S. The summed E-state index contributed by atoms with van der Waals surface area (Å²) in [5.74, 6) is -2.81. The Morgan fingerprint density at radius 3 is 2.55 bits per heavy atom. The highest BCUT2D eigenvalue weighted by Crippen LogP contribution is 2.35. The van der Waals surface area contributed by atoms with Crippen LogP contribution >= 0.6 is 11.8 Å². The Morgan fingerprint density at radius 2 is 1.89 bits per heavy atom. The molecule has 0 bridgehead atoms. The van der Waals surface area contributed by atoms with Gasteiger partial charge in [-0.15, -0.1) is 11.8 Å². The lowest BCUT2D eigenvalue weighted by atomic mass is 10.1. The summed E-state index contributed by atoms with van der Waals surface area (Å²) in [5, 5.41) is 18.2. The fraction of sp³-hybridized carbons (Fsp3) is 0.312. The van der Waals surface area contributed by atoms with Crippen molar-refractivity contribution in [3.05, 3.63) is 88.5 Å². The van der Waals surface area contributed by atoms with Gasteiger partial charge in [0.05, 0.1) is 23.9 Å². The van der Waals surface area contributed by atoms with Crippen molar-refractivity contribution < 1.29 is 33.0 Å². The summed E-state index contributed by atoms with van der Waals surface area (Å²) < 4.78 is 35.5. The van der Waals surface area contributed by atoms with E-state index in [9.17, 15) is 18.8 Å². The van der Waals surface area contributed by atoms with Crippen LogP contribution in [0.4, 0.5) is 14.5 Å². The van der Waals surface area contributed by atoms with Crippen molar-refractivity contribution in [3.63, 3.8) is 0 Å². The van der Waals surface area contributed by atoms with E-state index in [4.69, 9.17) is 20.8 Å². The molecule has 9 nitrogen and oxygen atoms in total. The largest absolute Gasteiger partial charge is 0.488 e. The van der Waals surface area contributed by atoms with Crippen LogP contribution in [0, 0.1) is 23.0 Å². The van der Waals surface area contributed by atoms with Gasteiger partial charge in [0.15, 0.2) is 0 Å². The van der Waals surface area contributed by atoms with Gasteiger partial charge in [0.1, 0.15) is 30.0 Å². The highest BCUT2D eigenvalue weighted by Gasteiger charge is 2.37. The number of hydrogen-bond acceptors (Lipinski definition) is 7. The number of carboxylic acids is 1. The lowest BCUT2D eigenvalue weighted by molar-refractivity contribution is -0.137. The number of amides is 2. The number of nitrogens with two attached hydrogens (primary N) is 1. The van der Waals surface area contributed by atoms with Crippen LogP contribution in [0.2, 0.25) is 0 Å². The molecule has 0 spiro atoms. The van der Waals surface area contributed by atoms with Gasteiger partial charge in [0.2, 0.25) is 5.91 Å². The molecule has 0 radical (unpaired) electrons. The van der Waals surface area contributed by atoms with Crippen molar-refractivity contribution in [2.75, 3.05) is 18.0 Å². The Bertz CT molecular complexity index is 1640. The molecule has 0 saturated carbocycles. The molecule has 0 aromatic heterocycles. The Hall–Kier alpha value is -4.63. The number of ether oxygens (including phenoxy) is 1. The van der Waals surface area contributed by atoms with E-state index in [-0.39, 0.29) is 36.8 Å². The van der Waals surface area contributed by atoms with Crippen LogP contribution in [-0.2, 0) is 22.7 Å². The first-order valence-electron chi connectivity index (χ1n) is 14.1. The lowest BCUT2D eigenvalue weighted by Gasteiger charge is -2.33. The number of fused-ring (bicyclic) bond motifs is 1. The van der Waals surface area contributed by atoms with Crippen LogP contribution in [0.3, 0.4) is 0 Å². The number of carbonyl (C=O) groups excluding carboxylic acids is 2. The maximum Gasteiger partial charge on any atom is 0.303 e. The standard InChI is InChI=1S/C32H30F2N4O5S/c33-25-15-22(44-21-10-12-37(13-11-21)27-7-4-19(16-35)14-26(27)34)6-5-20(25)18-43-29-3-1-2-23-24(29)17-38(32(23)42)28(31(36)41)8-9-30(39)40/h1-7,14-15,21,28H,8-13,17-18H2,(H2,36,41)(H,39,40)/t28-/m0/s1. The second kappa shape index (κ2) is 13.3. The van der Waals surface area contributed by atoms with E-state index < -0.39 is 35.5 Å². The first kappa shape index (κ1) is 30.8. The van der Waals surface area contributed by atoms with Gasteiger partial charge in [-0.3, -0.25) is 14.4 Å². The number of rotatable bonds is 11. The van der Waals surface area contributed by atoms with Crippen molar-refractivity contribution in [2.24, 2.45) is 5.73 Å². The van der Waals surface area contributed by atoms with Crippen LogP contribution in [0.25, 0.3) is 0 Å². The van der Waals surface area contributed by atoms with Gasteiger partial charge >= 0.3 is 5.97 Å². The number of aliphatic carboxylic acids is 1. The Kier molecular flexibility index (Phi) is 9.35. The van der Waals surface area contributed by atoms with E-state index in [1.165, 1.54) is 17.0 Å². The molecule has 1 saturated heterocycles. The Balaban J connectivity index is 1.18. The molecule has 2 amide bonds. The maximum atomic E-state index is 15.1. The van der Waals surface area contributed by atoms with Crippen LogP contribution in [0.15, 0.2) is 59.5 Å². The van der Waals surface area contributed by atoms with E-state index in [0.29, 0.717) is 41.2 Å². The highest BCUT2D eigenvalue weighted by atomic mass is 32.2. The third-order valence-corrected chi connectivity index (χ3v) is 9.19. The zero-order valence-corrected chi connectivity index (χ0v) is 24.5. The minimum Gasteiger partial charge on any atom is -0.488 e. The first-order valence-corrected chi connectivity index (χ1v) is 15.0. The first-order chi connectivity index (χ1) is 21.1. The normalized spacial score (nSPS) is 15.5. The molecule has 2 aliphatic heterocycles. The Labute approximate surface area is 257 Å². The van der Waals surface area contributed by atoms with E-state index in [1.54, 1.807) is 48.2 Å². The fourth-order valence-corrected chi connectivity index (χ4v) is 6.69. The van der Waals surface area contributed by atoms with E-state index in [1.807, 2.05) is 17.0 Å². The summed E-state index contributed by atoms with van der Waals surface area (Å²) in [6.45, 7) is 1.23. The topological polar surface area (TPSA) is 137 Å². The predicted molar refractivity (Wildman–Crippen MR) is 159 cm³/mol. The molecule has 2 heterocycles. The minimum absolute atomic E-state index is 0.0201. The van der Waals surface area contributed by atoms with Crippen molar-refractivity contribution in [1.82, 2.24) is 4.90 Å². The third kappa shape index (κ3) is 6.78. The number of benzene rings is 3. The molecule has 0 unspecified atom stereocenters. The number of carboxylic acid groups (broad SMARTS) is 1. The van der Waals surface area contributed by atoms with Gasteiger partial charge in [-0.25, -0.2) is 8.78 Å². The van der Waals surface area contributed by atoms with Crippen LogP contribution in [0.5, 0.6) is 5.75 Å². The van der Waals surface area contributed by atoms with Gasteiger partial charge in [0, 0.05) is 46.3 Å². The number of thioether (sulfide) groups is 1. The molecule has 5 rings (SSSR count). The zero-order chi connectivity index (χ0) is 31.4. The molecule has 3 aromatic carbocycles. The average Bonchev–Trinajstić information content (AvgIpc) is 3.33. The number of hydrogen-bond donors (Lipinski definition) is 2. The molecule has 0 aliphatic carbocycles. The third-order valence-electron chi connectivity index (χ3n) is 7.86. The van der Waals surface area contributed by atoms with Gasteiger partial charge < -0.3 is 25.4 Å². The van der Waals surface area contributed by atoms with E-state index in [0.717, 1.165) is 17.7 Å². The second-order valence-electron chi connectivity index (χ2n) is 10.7. The summed E-state index contributed by atoms with van der Waals surface area (Å²) in [5.41, 5.74) is 7.42. The van der Waals surface area contributed by atoms with Gasteiger partial charge in [0.25, 0.3) is 5.91 Å². The molecule has 44 heavy (non-hydrogen) atoms. The number of carbonyl (C=O) groups is 3. The highest BCUT2D eigenvalue weighted by molar-refractivity contribution is 8.00. The van der Waals surface area contributed by atoms with Crippen LogP contribution < -0.4 is 15.4 Å². The summed E-state index contributed by atoms with van der Waals surface area (Å²) >= 11 is 1.57. The number of nitriles is 1. The molecule has 1 atom stereocenters. The van der Waals surface area contributed by atoms with E-state index >= 15 is 4.39 Å². The quantitative estimate of drug-likeness (QED) is 0.311. The van der Waals surface area contributed by atoms with Crippen LogP contribution in [-0.4, -0.2) is 52.2 Å². The minimum atomic E-state index is -1.10. The summed E-state index contributed by atoms with van der Waals surface area (Å²) in [6.07, 6.45) is 1.16. The molecule has 3 N–H and O–H groups in total. The summed E-state index contributed by atoms with van der Waals surface area (Å²) in [6, 6.07) is 15.2. The molecule has 1 fully saturated rings. The monoisotopic (exact) mass is 620 g/mol. The van der Waals surface area contributed by atoms with Crippen molar-refractivity contribution in [2.45, 2.75) is 55.0 Å². The number of halogens is 2. The fourth-order valence-electron chi connectivity index (χ4n) is 5.54. The average molecular weight is 621 g/mol. The lowest BCUT2D eigenvalue weighted by Crippen LogP contribution is -2.45. The second-order valence-corrected chi connectivity index (χ2v) is 12.1. The predicted octanol–water partition coefficient (Wildman–Crippen LogP) is 4.85. The van der Waals surface area contributed by atoms with E-state index in [2.05, 4.69) is 0 Å². The van der Waals surface area contributed by atoms with Crippen molar-refractivity contribution in [3.8, 4) is 11.8 Å². The maximum absolute atomic E-state index is 15.1. The van der Waals surface area contributed by atoms with Gasteiger partial charge in [-0.1, -0.05) is 12.1 Å². The SMILES string of the molecule is N#Cc1ccc(N2CCC(Sc3ccc(COc4cccc5c4CN([C@@H](CCC(=O)O)C(N)=O)C5=O)c(F)c3)CC2)c(F)c1. The number of nitrogens with zero attached hydrogens (tertiary/aromatic N) is 3. The molecule has 12 heteroatoms. The molecule has 3 aromatic rings. The van der Waals surface area contributed by atoms with Crippen molar-refractivity contribution >= 4 is 35.2 Å². The Morgan fingerprint density at radius 1 is 1.11 bits per heavy atom.